The van der Waals surface area contributed by atoms with Crippen LogP contribution in [0.25, 0.3) is 0 Å². The number of aromatic amines is 1. The van der Waals surface area contributed by atoms with Crippen LogP contribution in [0, 0.1) is 24.0 Å². The van der Waals surface area contributed by atoms with Crippen LogP contribution in [-0.4, -0.2) is 15.8 Å². The van der Waals surface area contributed by atoms with E-state index in [-0.39, 0.29) is 11.3 Å². The Kier molecular flexibility index (Phi) is 3.84. The molecule has 0 radical (unpaired) electrons. The van der Waals surface area contributed by atoms with E-state index in [1.165, 1.54) is 24.5 Å². The van der Waals surface area contributed by atoms with E-state index in [4.69, 9.17) is 0 Å². The van der Waals surface area contributed by atoms with Gasteiger partial charge >= 0.3 is 0 Å². The number of H-pyrrole nitrogens is 1. The van der Waals surface area contributed by atoms with Gasteiger partial charge in [-0.25, -0.2) is 0 Å². The summed E-state index contributed by atoms with van der Waals surface area (Å²) in [5, 5.41) is 13.5. The molecular weight excluding hydrogens is 274 g/mol. The molecule has 7 nitrogen and oxygen atoms in total. The Labute approximate surface area is 119 Å². The summed E-state index contributed by atoms with van der Waals surface area (Å²) in [5.41, 5.74) is 0.927. The van der Waals surface area contributed by atoms with Gasteiger partial charge in [0.1, 0.15) is 5.56 Å². The molecule has 0 bridgehead atoms. The van der Waals surface area contributed by atoms with Gasteiger partial charge in [-0.05, 0) is 25.5 Å². The first kappa shape index (κ1) is 14.4. The van der Waals surface area contributed by atoms with E-state index in [2.05, 4.69) is 10.3 Å². The molecule has 1 heterocycles. The van der Waals surface area contributed by atoms with Crippen LogP contribution in [0.15, 0.2) is 35.4 Å². The van der Waals surface area contributed by atoms with Crippen LogP contribution in [0.5, 0.6) is 0 Å². The SMILES string of the molecule is Cc1cc(C)c([N+](=O)[O-])cc1NC(=O)c1c[nH]ccc1=O. The zero-order valence-corrected chi connectivity index (χ0v) is 11.5. The third kappa shape index (κ3) is 2.97. The molecular formula is C14H13N3O4. The Morgan fingerprint density at radius 2 is 2.00 bits per heavy atom. The van der Waals surface area contributed by atoms with Crippen molar-refractivity contribution in [3.8, 4) is 0 Å². The van der Waals surface area contributed by atoms with Crippen LogP contribution in [0.2, 0.25) is 0 Å². The minimum atomic E-state index is -0.613. The maximum Gasteiger partial charge on any atom is 0.274 e. The minimum absolute atomic E-state index is 0.0554. The number of aryl methyl sites for hydroxylation is 2. The van der Waals surface area contributed by atoms with Gasteiger partial charge in [-0.15, -0.1) is 0 Å². The second-order valence-electron chi connectivity index (χ2n) is 4.59. The topological polar surface area (TPSA) is 105 Å². The van der Waals surface area contributed by atoms with Gasteiger partial charge in [0.05, 0.1) is 10.6 Å². The van der Waals surface area contributed by atoms with E-state index in [0.717, 1.165) is 0 Å². The van der Waals surface area contributed by atoms with E-state index in [9.17, 15) is 19.7 Å². The quantitative estimate of drug-likeness (QED) is 0.666. The fraction of sp³-hybridized carbons (Fsp3) is 0.143. The van der Waals surface area contributed by atoms with Crippen molar-refractivity contribution in [1.82, 2.24) is 4.98 Å². The smallest absolute Gasteiger partial charge is 0.274 e. The van der Waals surface area contributed by atoms with E-state index in [1.807, 2.05) is 0 Å². The van der Waals surface area contributed by atoms with Crippen molar-refractivity contribution in [2.75, 3.05) is 5.32 Å². The van der Waals surface area contributed by atoms with Gasteiger partial charge in [0.25, 0.3) is 11.6 Å². The summed E-state index contributed by atoms with van der Waals surface area (Å²) >= 11 is 0. The molecule has 0 unspecified atom stereocenters. The summed E-state index contributed by atoms with van der Waals surface area (Å²) in [5.74, 6) is -0.613. The Morgan fingerprint density at radius 3 is 2.62 bits per heavy atom. The summed E-state index contributed by atoms with van der Waals surface area (Å²) in [4.78, 5) is 36.7. The van der Waals surface area contributed by atoms with Crippen molar-refractivity contribution in [1.29, 1.82) is 0 Å². The molecule has 0 saturated carbocycles. The predicted molar refractivity (Wildman–Crippen MR) is 77.6 cm³/mol. The zero-order chi connectivity index (χ0) is 15.6. The highest BCUT2D eigenvalue weighted by Crippen LogP contribution is 2.26. The highest BCUT2D eigenvalue weighted by atomic mass is 16.6. The number of nitro benzene ring substituents is 1. The number of amides is 1. The zero-order valence-electron chi connectivity index (χ0n) is 11.5. The maximum absolute atomic E-state index is 12.1. The first-order valence-electron chi connectivity index (χ1n) is 6.14. The van der Waals surface area contributed by atoms with E-state index >= 15 is 0 Å². The summed E-state index contributed by atoms with van der Waals surface area (Å²) < 4.78 is 0. The number of nitrogens with zero attached hydrogens (tertiary/aromatic N) is 1. The molecule has 21 heavy (non-hydrogen) atoms. The van der Waals surface area contributed by atoms with E-state index < -0.39 is 16.3 Å². The lowest BCUT2D eigenvalue weighted by molar-refractivity contribution is -0.385. The Morgan fingerprint density at radius 1 is 1.29 bits per heavy atom. The number of aromatic nitrogens is 1. The van der Waals surface area contributed by atoms with Gasteiger partial charge in [0.2, 0.25) is 0 Å². The fourth-order valence-corrected chi connectivity index (χ4v) is 1.96. The first-order chi connectivity index (χ1) is 9.90. The molecule has 0 aliphatic rings. The summed E-state index contributed by atoms with van der Waals surface area (Å²) in [6, 6.07) is 4.14. The first-order valence-corrected chi connectivity index (χ1v) is 6.14. The van der Waals surface area contributed by atoms with Crippen LogP contribution in [0.3, 0.4) is 0 Å². The number of hydrogen-bond donors (Lipinski definition) is 2. The van der Waals surface area contributed by atoms with Gasteiger partial charge < -0.3 is 10.3 Å². The minimum Gasteiger partial charge on any atom is -0.367 e. The normalized spacial score (nSPS) is 10.2. The van der Waals surface area contributed by atoms with Crippen molar-refractivity contribution in [2.45, 2.75) is 13.8 Å². The number of rotatable bonds is 3. The third-order valence-electron chi connectivity index (χ3n) is 3.06. The number of benzene rings is 1. The molecule has 7 heteroatoms. The van der Waals surface area contributed by atoms with Crippen molar-refractivity contribution in [2.24, 2.45) is 0 Å². The van der Waals surface area contributed by atoms with Gasteiger partial charge in [-0.3, -0.25) is 19.7 Å². The number of carbonyl (C=O) groups excluding carboxylic acids is 1. The molecule has 0 aliphatic carbocycles. The third-order valence-corrected chi connectivity index (χ3v) is 3.06. The second kappa shape index (κ2) is 5.58. The average Bonchev–Trinajstić information content (AvgIpc) is 2.41. The lowest BCUT2D eigenvalue weighted by atomic mass is 10.1. The van der Waals surface area contributed by atoms with Crippen molar-refractivity contribution in [3.63, 3.8) is 0 Å². The summed E-state index contributed by atoms with van der Waals surface area (Å²) in [7, 11) is 0. The molecule has 0 aliphatic heterocycles. The summed E-state index contributed by atoms with van der Waals surface area (Å²) in [6.45, 7) is 3.35. The van der Waals surface area contributed by atoms with Crippen molar-refractivity contribution in [3.05, 3.63) is 67.6 Å². The number of nitrogens with one attached hydrogen (secondary N) is 2. The van der Waals surface area contributed by atoms with Gasteiger partial charge in [-0.1, -0.05) is 0 Å². The average molecular weight is 287 g/mol. The number of pyridine rings is 1. The van der Waals surface area contributed by atoms with Crippen LogP contribution >= 0.6 is 0 Å². The van der Waals surface area contributed by atoms with Crippen molar-refractivity contribution < 1.29 is 9.72 Å². The molecule has 1 aromatic carbocycles. The number of nitro groups is 1. The Balaban J connectivity index is 2.38. The monoisotopic (exact) mass is 287 g/mol. The molecule has 1 aromatic heterocycles. The standard InChI is InChI=1S/C14H13N3O4/c1-8-5-9(2)12(17(20)21)6-11(8)16-14(19)10-7-15-4-3-13(10)18/h3-7H,1-2H3,(H,15,18)(H,16,19). The Hall–Kier alpha value is -2.96. The fourth-order valence-electron chi connectivity index (χ4n) is 1.96. The van der Waals surface area contributed by atoms with Gasteiger partial charge in [0.15, 0.2) is 5.43 Å². The second-order valence-corrected chi connectivity index (χ2v) is 4.59. The molecule has 0 saturated heterocycles. The van der Waals surface area contributed by atoms with Gasteiger partial charge in [-0.2, -0.15) is 0 Å². The van der Waals surface area contributed by atoms with Crippen molar-refractivity contribution >= 4 is 17.3 Å². The highest BCUT2D eigenvalue weighted by molar-refractivity contribution is 6.04. The molecule has 1 amide bonds. The lowest BCUT2D eigenvalue weighted by Gasteiger charge is -2.09. The van der Waals surface area contributed by atoms with E-state index in [0.29, 0.717) is 16.8 Å². The Bertz CT molecular complexity index is 780. The largest absolute Gasteiger partial charge is 0.367 e. The molecule has 2 N–H and O–H groups in total. The molecule has 108 valence electrons. The molecule has 2 rings (SSSR count). The van der Waals surface area contributed by atoms with E-state index in [1.54, 1.807) is 19.9 Å². The van der Waals surface area contributed by atoms with Crippen LogP contribution < -0.4 is 10.7 Å². The maximum atomic E-state index is 12.1. The molecule has 0 atom stereocenters. The summed E-state index contributed by atoms with van der Waals surface area (Å²) in [6.07, 6.45) is 2.71. The van der Waals surface area contributed by atoms with Crippen LogP contribution in [0.4, 0.5) is 11.4 Å². The number of hydrogen-bond acceptors (Lipinski definition) is 4. The van der Waals surface area contributed by atoms with Crippen LogP contribution in [0.1, 0.15) is 21.5 Å². The number of carbonyl (C=O) groups is 1. The molecule has 2 aromatic rings. The highest BCUT2D eigenvalue weighted by Gasteiger charge is 2.16. The van der Waals surface area contributed by atoms with Gasteiger partial charge in [0, 0.05) is 30.1 Å². The molecule has 0 fully saturated rings. The number of anilines is 1. The lowest BCUT2D eigenvalue weighted by Crippen LogP contribution is -2.21. The molecule has 0 spiro atoms. The predicted octanol–water partition coefficient (Wildman–Crippen LogP) is 2.15. The van der Waals surface area contributed by atoms with Crippen LogP contribution in [-0.2, 0) is 0 Å².